The SMILES string of the molecule is CCC[C@H](NC(=O)C1C[C@@H](C)CN1C(=O)[C@@H](NC(=O)OCC)C1CCCCC1)C(=O)C(=O)NCC(=O)N[C@H](C(C)=O)c1ccccc1. The Hall–Kier alpha value is -4.29. The van der Waals surface area contributed by atoms with Crippen LogP contribution in [-0.2, 0) is 33.5 Å². The van der Waals surface area contributed by atoms with Gasteiger partial charge in [-0.05, 0) is 56.9 Å². The lowest BCUT2D eigenvalue weighted by Crippen LogP contribution is -2.58. The minimum Gasteiger partial charge on any atom is -0.450 e. The van der Waals surface area contributed by atoms with Gasteiger partial charge in [0.05, 0.1) is 19.2 Å². The van der Waals surface area contributed by atoms with Crippen LogP contribution in [0.1, 0.15) is 90.7 Å². The zero-order chi connectivity index (χ0) is 34.5. The van der Waals surface area contributed by atoms with Crippen molar-refractivity contribution in [3.8, 4) is 0 Å². The molecule has 1 aliphatic heterocycles. The molecule has 1 heterocycles. The van der Waals surface area contributed by atoms with Crippen molar-refractivity contribution < 1.29 is 38.3 Å². The monoisotopic (exact) mass is 655 g/mol. The highest BCUT2D eigenvalue weighted by atomic mass is 16.5. The molecule has 4 N–H and O–H groups in total. The average Bonchev–Trinajstić information content (AvgIpc) is 3.46. The van der Waals surface area contributed by atoms with Gasteiger partial charge in [0.2, 0.25) is 23.5 Å². The fraction of sp³-hybridized carbons (Fsp3) is 0.618. The van der Waals surface area contributed by atoms with Crippen LogP contribution in [0.3, 0.4) is 0 Å². The minimum absolute atomic E-state index is 0.0128. The van der Waals surface area contributed by atoms with E-state index in [0.717, 1.165) is 32.1 Å². The number of ether oxygens (including phenoxy) is 1. The molecular weight excluding hydrogens is 606 g/mol. The van der Waals surface area contributed by atoms with Crippen molar-refractivity contribution in [2.45, 2.75) is 103 Å². The molecule has 1 saturated heterocycles. The molecule has 5 amide bonds. The van der Waals surface area contributed by atoms with Crippen LogP contribution in [0, 0.1) is 11.8 Å². The maximum absolute atomic E-state index is 13.9. The van der Waals surface area contributed by atoms with Crippen LogP contribution in [0.25, 0.3) is 0 Å². The Morgan fingerprint density at radius 2 is 1.62 bits per heavy atom. The molecule has 0 spiro atoms. The number of nitrogens with one attached hydrogen (secondary N) is 4. The third kappa shape index (κ3) is 10.6. The minimum atomic E-state index is -1.18. The molecule has 0 radical (unpaired) electrons. The van der Waals surface area contributed by atoms with Gasteiger partial charge >= 0.3 is 6.09 Å². The van der Waals surface area contributed by atoms with E-state index in [2.05, 4.69) is 21.3 Å². The molecule has 2 fully saturated rings. The first kappa shape index (κ1) is 37.2. The summed E-state index contributed by atoms with van der Waals surface area (Å²) in [6.07, 6.45) is 4.77. The molecule has 2 aliphatic rings. The van der Waals surface area contributed by atoms with Gasteiger partial charge in [-0.3, -0.25) is 28.8 Å². The Bertz CT molecular complexity index is 1280. The van der Waals surface area contributed by atoms with Crippen molar-refractivity contribution >= 4 is 41.3 Å². The van der Waals surface area contributed by atoms with Gasteiger partial charge in [0, 0.05) is 6.54 Å². The summed E-state index contributed by atoms with van der Waals surface area (Å²) in [5.74, 6) is -3.97. The van der Waals surface area contributed by atoms with Crippen molar-refractivity contribution in [1.29, 1.82) is 0 Å². The largest absolute Gasteiger partial charge is 0.450 e. The van der Waals surface area contributed by atoms with Crippen LogP contribution in [0.5, 0.6) is 0 Å². The molecule has 5 atom stereocenters. The number of carbonyl (C=O) groups excluding carboxylic acids is 7. The number of hydrogen-bond donors (Lipinski definition) is 4. The maximum Gasteiger partial charge on any atom is 0.407 e. The zero-order valence-electron chi connectivity index (χ0n) is 27.8. The van der Waals surface area contributed by atoms with Gasteiger partial charge in [-0.25, -0.2) is 4.79 Å². The number of ketones is 2. The molecule has 13 heteroatoms. The Balaban J connectivity index is 1.66. The molecule has 0 aromatic heterocycles. The Kier molecular flexibility index (Phi) is 14.4. The van der Waals surface area contributed by atoms with Gasteiger partial charge in [-0.15, -0.1) is 0 Å². The second-order valence-corrected chi connectivity index (χ2v) is 12.5. The maximum atomic E-state index is 13.9. The predicted octanol–water partition coefficient (Wildman–Crippen LogP) is 2.34. The van der Waals surface area contributed by atoms with Crippen LogP contribution >= 0.6 is 0 Å². The molecule has 13 nitrogen and oxygen atoms in total. The highest BCUT2D eigenvalue weighted by molar-refractivity contribution is 6.38. The van der Waals surface area contributed by atoms with Gasteiger partial charge in [-0.2, -0.15) is 0 Å². The van der Waals surface area contributed by atoms with Gasteiger partial charge in [0.25, 0.3) is 5.91 Å². The van der Waals surface area contributed by atoms with E-state index in [-0.39, 0.29) is 36.6 Å². The van der Waals surface area contributed by atoms with E-state index in [0.29, 0.717) is 24.9 Å². The van der Waals surface area contributed by atoms with Crippen molar-refractivity contribution in [1.82, 2.24) is 26.2 Å². The Morgan fingerprint density at radius 3 is 2.23 bits per heavy atom. The summed E-state index contributed by atoms with van der Waals surface area (Å²) in [6, 6.07) is 4.81. The zero-order valence-corrected chi connectivity index (χ0v) is 27.8. The van der Waals surface area contributed by atoms with Gasteiger partial charge in [0.15, 0.2) is 5.78 Å². The highest BCUT2D eigenvalue weighted by Gasteiger charge is 2.44. The third-order valence-corrected chi connectivity index (χ3v) is 8.72. The van der Waals surface area contributed by atoms with Crippen LogP contribution in [0.2, 0.25) is 0 Å². The van der Waals surface area contributed by atoms with E-state index in [9.17, 15) is 33.6 Å². The number of amides is 5. The first-order chi connectivity index (χ1) is 22.5. The van der Waals surface area contributed by atoms with Crippen LogP contribution in [0.4, 0.5) is 4.79 Å². The number of alkyl carbamates (subject to hydrolysis) is 1. The molecule has 1 unspecified atom stereocenters. The number of carbonyl (C=O) groups is 7. The van der Waals surface area contributed by atoms with E-state index < -0.39 is 60.3 Å². The Labute approximate surface area is 276 Å². The van der Waals surface area contributed by atoms with E-state index >= 15 is 0 Å². The van der Waals surface area contributed by atoms with Crippen LogP contribution in [-0.4, -0.2) is 84.0 Å². The molecule has 3 rings (SSSR count). The smallest absolute Gasteiger partial charge is 0.407 e. The topological polar surface area (TPSA) is 180 Å². The lowest BCUT2D eigenvalue weighted by Gasteiger charge is -2.34. The number of rotatable bonds is 15. The highest BCUT2D eigenvalue weighted by Crippen LogP contribution is 2.31. The van der Waals surface area contributed by atoms with E-state index in [1.165, 1.54) is 11.8 Å². The summed E-state index contributed by atoms with van der Waals surface area (Å²) in [5.41, 5.74) is 0.581. The molecule has 47 heavy (non-hydrogen) atoms. The normalized spacial score (nSPS) is 19.9. The number of benzene rings is 1. The number of likely N-dealkylation sites (tertiary alicyclic amines) is 1. The summed E-state index contributed by atoms with van der Waals surface area (Å²) < 4.78 is 5.07. The molecule has 258 valence electrons. The number of Topliss-reactive ketones (excluding diaryl/α,β-unsaturated/α-hetero) is 2. The first-order valence-electron chi connectivity index (χ1n) is 16.7. The van der Waals surface area contributed by atoms with E-state index in [1.54, 1.807) is 44.2 Å². The quantitative estimate of drug-likeness (QED) is 0.208. The molecule has 0 bridgehead atoms. The fourth-order valence-corrected chi connectivity index (χ4v) is 6.37. The molecule has 1 aliphatic carbocycles. The van der Waals surface area contributed by atoms with Crippen LogP contribution < -0.4 is 21.3 Å². The number of nitrogens with zero attached hydrogens (tertiary/aromatic N) is 1. The van der Waals surface area contributed by atoms with Crippen molar-refractivity contribution in [2.75, 3.05) is 19.7 Å². The summed E-state index contributed by atoms with van der Waals surface area (Å²) in [4.78, 5) is 92.1. The van der Waals surface area contributed by atoms with E-state index in [1.807, 2.05) is 6.92 Å². The second kappa shape index (κ2) is 18.2. The summed E-state index contributed by atoms with van der Waals surface area (Å²) in [7, 11) is 0. The van der Waals surface area contributed by atoms with Gasteiger partial charge < -0.3 is 30.9 Å². The standard InChI is InChI=1S/C34H49N5O8/c1-5-13-25(30(42)32(44)35-19-27(41)37-28(22(4)40)23-14-9-7-10-15-23)36-31(43)26-18-21(3)20-39(26)33(45)29(38-34(46)47-6-2)24-16-11-8-12-17-24/h7,9-10,14-15,21,24-26,28-29H,5-6,8,11-13,16-20H2,1-4H3,(H,35,44)(H,36,43)(H,37,41)(H,38,46)/t21-,25+,26?,28-,29+/m1/s1. The van der Waals surface area contributed by atoms with Gasteiger partial charge in [-0.1, -0.05) is 69.9 Å². The van der Waals surface area contributed by atoms with E-state index in [4.69, 9.17) is 4.74 Å². The summed E-state index contributed by atoms with van der Waals surface area (Å²) in [5, 5.41) is 10.3. The second-order valence-electron chi connectivity index (χ2n) is 12.5. The molecule has 1 saturated carbocycles. The fourth-order valence-electron chi connectivity index (χ4n) is 6.37. The predicted molar refractivity (Wildman–Crippen MR) is 173 cm³/mol. The third-order valence-electron chi connectivity index (χ3n) is 8.72. The first-order valence-corrected chi connectivity index (χ1v) is 16.7. The van der Waals surface area contributed by atoms with Gasteiger partial charge in [0.1, 0.15) is 18.1 Å². The van der Waals surface area contributed by atoms with Crippen molar-refractivity contribution in [2.24, 2.45) is 11.8 Å². The summed E-state index contributed by atoms with van der Waals surface area (Å²) >= 11 is 0. The lowest BCUT2D eigenvalue weighted by molar-refractivity contribution is -0.143. The number of hydrogen-bond acceptors (Lipinski definition) is 8. The average molecular weight is 656 g/mol. The molecule has 1 aromatic rings. The van der Waals surface area contributed by atoms with Crippen molar-refractivity contribution in [3.05, 3.63) is 35.9 Å². The van der Waals surface area contributed by atoms with Crippen LogP contribution in [0.15, 0.2) is 30.3 Å². The Morgan fingerprint density at radius 1 is 0.936 bits per heavy atom. The molecule has 1 aromatic carbocycles. The van der Waals surface area contributed by atoms with Crippen molar-refractivity contribution in [3.63, 3.8) is 0 Å². The lowest BCUT2D eigenvalue weighted by atomic mass is 9.83. The molecular formula is C34H49N5O8. The summed E-state index contributed by atoms with van der Waals surface area (Å²) in [6.45, 7) is 6.64.